The summed E-state index contributed by atoms with van der Waals surface area (Å²) in [5.41, 5.74) is 0.825. The molecule has 1 fully saturated rings. The maximum absolute atomic E-state index is 13.2. The SMILES string of the molecule is CCOc1cncc(-c2cnc(C(=O)N[C@H](c3cccc(NS(=O)(=O)C(F)F)c3)[C@@H]3COCCO3)s2)n1. The van der Waals surface area contributed by atoms with E-state index in [-0.39, 0.29) is 23.9 Å². The molecule has 15 heteroatoms. The maximum Gasteiger partial charge on any atom is 0.355 e. The Kier molecular flexibility index (Phi) is 8.58. The number of thiazole rings is 1. The van der Waals surface area contributed by atoms with E-state index in [1.165, 1.54) is 36.8 Å². The van der Waals surface area contributed by atoms with Crippen LogP contribution >= 0.6 is 11.3 Å². The molecule has 0 radical (unpaired) electrons. The predicted octanol–water partition coefficient (Wildman–Crippen LogP) is 2.85. The van der Waals surface area contributed by atoms with E-state index in [9.17, 15) is 22.0 Å². The van der Waals surface area contributed by atoms with Crippen molar-refractivity contribution in [2.75, 3.05) is 31.1 Å². The van der Waals surface area contributed by atoms with E-state index in [1.54, 1.807) is 6.07 Å². The van der Waals surface area contributed by atoms with Crippen LogP contribution in [0.2, 0.25) is 0 Å². The van der Waals surface area contributed by atoms with Crippen molar-refractivity contribution in [3.63, 3.8) is 0 Å². The van der Waals surface area contributed by atoms with E-state index in [1.807, 2.05) is 11.6 Å². The summed E-state index contributed by atoms with van der Waals surface area (Å²) in [5.74, 6) is -3.78. The van der Waals surface area contributed by atoms with Gasteiger partial charge in [0.25, 0.3) is 15.9 Å². The molecule has 2 aromatic heterocycles. The van der Waals surface area contributed by atoms with Crippen LogP contribution in [0.15, 0.2) is 42.9 Å². The van der Waals surface area contributed by atoms with E-state index in [2.05, 4.69) is 20.3 Å². The van der Waals surface area contributed by atoms with Gasteiger partial charge in [0.15, 0.2) is 5.01 Å². The molecule has 0 unspecified atom stereocenters. The number of carbonyl (C=O) groups is 1. The van der Waals surface area contributed by atoms with Gasteiger partial charge in [0.1, 0.15) is 11.8 Å². The van der Waals surface area contributed by atoms with Crippen LogP contribution in [0.4, 0.5) is 14.5 Å². The first-order chi connectivity index (χ1) is 17.8. The molecule has 0 spiro atoms. The summed E-state index contributed by atoms with van der Waals surface area (Å²) in [4.78, 5) is 26.4. The first-order valence-electron chi connectivity index (χ1n) is 11.1. The number of benzene rings is 1. The molecule has 4 rings (SSSR count). The van der Waals surface area contributed by atoms with Gasteiger partial charge in [-0.25, -0.2) is 18.4 Å². The monoisotopic (exact) mass is 555 g/mol. The summed E-state index contributed by atoms with van der Waals surface area (Å²) in [6, 6.07) is 4.98. The van der Waals surface area contributed by atoms with Crippen LogP contribution < -0.4 is 14.8 Å². The number of sulfonamides is 1. The van der Waals surface area contributed by atoms with Crippen LogP contribution in [0.25, 0.3) is 10.6 Å². The van der Waals surface area contributed by atoms with E-state index in [0.717, 1.165) is 11.3 Å². The Morgan fingerprint density at radius 2 is 2.11 bits per heavy atom. The Balaban J connectivity index is 1.57. The smallest absolute Gasteiger partial charge is 0.355 e. The van der Waals surface area contributed by atoms with Gasteiger partial charge in [0.05, 0.1) is 49.7 Å². The van der Waals surface area contributed by atoms with Gasteiger partial charge in [-0.1, -0.05) is 12.1 Å². The lowest BCUT2D eigenvalue weighted by molar-refractivity contribution is -0.101. The lowest BCUT2D eigenvalue weighted by Crippen LogP contribution is -2.42. The normalized spacial score (nSPS) is 16.8. The maximum atomic E-state index is 13.2. The average Bonchev–Trinajstić information content (AvgIpc) is 3.39. The van der Waals surface area contributed by atoms with Crippen molar-refractivity contribution in [2.45, 2.75) is 24.8 Å². The second kappa shape index (κ2) is 11.9. The van der Waals surface area contributed by atoms with Gasteiger partial charge in [0.2, 0.25) is 5.88 Å². The van der Waals surface area contributed by atoms with Crippen molar-refractivity contribution in [1.82, 2.24) is 20.3 Å². The van der Waals surface area contributed by atoms with Crippen molar-refractivity contribution in [3.05, 3.63) is 53.4 Å². The van der Waals surface area contributed by atoms with Crippen LogP contribution in [-0.4, -0.2) is 67.6 Å². The molecule has 1 aliphatic rings. The van der Waals surface area contributed by atoms with Crippen LogP contribution in [-0.2, 0) is 19.5 Å². The zero-order chi connectivity index (χ0) is 26.4. The molecule has 3 heterocycles. The molecule has 0 bridgehead atoms. The molecule has 3 aromatic rings. The molecule has 1 aromatic carbocycles. The van der Waals surface area contributed by atoms with Crippen LogP contribution in [0.1, 0.15) is 28.3 Å². The topological polar surface area (TPSA) is 142 Å². The summed E-state index contributed by atoms with van der Waals surface area (Å²) < 4.78 is 67.4. The Bertz CT molecular complexity index is 1330. The van der Waals surface area contributed by atoms with Crippen molar-refractivity contribution in [3.8, 4) is 16.5 Å². The molecule has 11 nitrogen and oxygen atoms in total. The van der Waals surface area contributed by atoms with Gasteiger partial charge < -0.3 is 19.5 Å². The number of halogens is 2. The number of nitrogens with one attached hydrogen (secondary N) is 2. The highest BCUT2D eigenvalue weighted by molar-refractivity contribution is 7.93. The highest BCUT2D eigenvalue weighted by atomic mass is 32.2. The minimum Gasteiger partial charge on any atom is -0.477 e. The van der Waals surface area contributed by atoms with Gasteiger partial charge in [0, 0.05) is 11.9 Å². The molecule has 37 heavy (non-hydrogen) atoms. The number of ether oxygens (including phenoxy) is 3. The van der Waals surface area contributed by atoms with E-state index >= 15 is 0 Å². The molecular weight excluding hydrogens is 532 g/mol. The van der Waals surface area contributed by atoms with E-state index in [4.69, 9.17) is 14.2 Å². The van der Waals surface area contributed by atoms with Gasteiger partial charge in [-0.3, -0.25) is 14.5 Å². The lowest BCUT2D eigenvalue weighted by atomic mass is 10.0. The second-order valence-corrected chi connectivity index (χ2v) is 10.4. The minimum atomic E-state index is -4.87. The first-order valence-corrected chi connectivity index (χ1v) is 13.4. The number of amides is 1. The summed E-state index contributed by atoms with van der Waals surface area (Å²) in [5, 5.41) is 2.98. The fourth-order valence-corrected chi connectivity index (χ4v) is 4.80. The molecule has 2 N–H and O–H groups in total. The van der Waals surface area contributed by atoms with Gasteiger partial charge in [-0.05, 0) is 24.6 Å². The third kappa shape index (κ3) is 6.74. The van der Waals surface area contributed by atoms with E-state index in [0.29, 0.717) is 35.2 Å². The predicted molar refractivity (Wildman–Crippen MR) is 130 cm³/mol. The van der Waals surface area contributed by atoms with Gasteiger partial charge in [-0.2, -0.15) is 8.78 Å². The summed E-state index contributed by atoms with van der Waals surface area (Å²) in [7, 11) is -4.87. The van der Waals surface area contributed by atoms with Crippen molar-refractivity contribution >= 4 is 33.0 Å². The second-order valence-electron chi connectivity index (χ2n) is 7.67. The zero-order valence-corrected chi connectivity index (χ0v) is 21.1. The number of rotatable bonds is 10. The summed E-state index contributed by atoms with van der Waals surface area (Å²) in [6.07, 6.45) is 3.88. The van der Waals surface area contributed by atoms with Crippen LogP contribution in [0.3, 0.4) is 0 Å². The fraction of sp³-hybridized carbons (Fsp3) is 0.364. The highest BCUT2D eigenvalue weighted by Gasteiger charge is 2.30. The molecule has 1 saturated heterocycles. The van der Waals surface area contributed by atoms with Crippen molar-refractivity contribution in [2.24, 2.45) is 0 Å². The number of hydrogen-bond acceptors (Lipinski definition) is 10. The number of hydrogen-bond donors (Lipinski definition) is 2. The van der Waals surface area contributed by atoms with Crippen LogP contribution in [0, 0.1) is 0 Å². The van der Waals surface area contributed by atoms with Gasteiger partial charge >= 0.3 is 5.76 Å². The van der Waals surface area contributed by atoms with Crippen molar-refractivity contribution in [1.29, 1.82) is 0 Å². The quantitative estimate of drug-likeness (QED) is 0.386. The minimum absolute atomic E-state index is 0.0851. The Labute approximate surface area is 215 Å². The molecule has 2 atom stereocenters. The molecule has 0 aliphatic carbocycles. The van der Waals surface area contributed by atoms with Gasteiger partial charge in [-0.15, -0.1) is 11.3 Å². The molecular formula is C22H23F2N5O6S2. The number of alkyl halides is 2. The first kappa shape index (κ1) is 26.8. The third-order valence-corrected chi connectivity index (χ3v) is 7.11. The highest BCUT2D eigenvalue weighted by Crippen LogP contribution is 2.28. The lowest BCUT2D eigenvalue weighted by Gasteiger charge is -2.31. The summed E-state index contributed by atoms with van der Waals surface area (Å²) >= 11 is 1.09. The Morgan fingerprint density at radius 1 is 1.27 bits per heavy atom. The Hall–Kier alpha value is -3.27. The average molecular weight is 556 g/mol. The molecule has 198 valence electrons. The standard InChI is InChI=1S/C22H23F2N5O6S2/c1-2-34-18-11-25-9-15(27-18)17-10-26-21(36-17)20(30)28-19(16-12-33-6-7-35-16)13-4-3-5-14(8-13)29-37(31,32)22(23)24/h3-5,8-11,16,19,22,29H,2,6-7,12H2,1H3,(H,28,30)/t16-,19+/m0/s1. The molecule has 0 saturated carbocycles. The number of aromatic nitrogens is 3. The molecule has 1 aliphatic heterocycles. The largest absolute Gasteiger partial charge is 0.477 e. The third-order valence-electron chi connectivity index (χ3n) is 5.10. The Morgan fingerprint density at radius 3 is 2.84 bits per heavy atom. The number of anilines is 1. The fourth-order valence-electron chi connectivity index (χ4n) is 3.48. The van der Waals surface area contributed by atoms with Crippen molar-refractivity contribution < 1.29 is 36.2 Å². The summed E-state index contributed by atoms with van der Waals surface area (Å²) in [6.45, 7) is 3.06. The van der Waals surface area contributed by atoms with E-state index < -0.39 is 33.8 Å². The zero-order valence-electron chi connectivity index (χ0n) is 19.5. The number of carbonyl (C=O) groups excluding carboxylic acids is 1. The number of nitrogens with zero attached hydrogens (tertiary/aromatic N) is 3. The molecule has 1 amide bonds. The van der Waals surface area contributed by atoms with Crippen LogP contribution in [0.5, 0.6) is 5.88 Å².